The Kier molecular flexibility index (Phi) is 4.68. The maximum atomic E-state index is 5.82. The van der Waals surface area contributed by atoms with Crippen molar-refractivity contribution < 1.29 is 9.26 Å². The summed E-state index contributed by atoms with van der Waals surface area (Å²) in [6.07, 6.45) is 0. The quantitative estimate of drug-likeness (QED) is 0.903. The number of nitrogens with one attached hydrogen (secondary N) is 1. The maximum absolute atomic E-state index is 5.82. The molecule has 21 heavy (non-hydrogen) atoms. The van der Waals surface area contributed by atoms with Crippen molar-refractivity contribution in [2.75, 3.05) is 0 Å². The molecule has 1 N–H and O–H groups in total. The molecular weight excluding hydrogens is 264 g/mol. The van der Waals surface area contributed by atoms with Crippen molar-refractivity contribution in [1.82, 2.24) is 10.5 Å². The molecule has 1 unspecified atom stereocenters. The van der Waals surface area contributed by atoms with E-state index >= 15 is 0 Å². The summed E-state index contributed by atoms with van der Waals surface area (Å²) in [5.74, 6) is 1.75. The Morgan fingerprint density at radius 3 is 2.43 bits per heavy atom. The molecule has 0 saturated carbocycles. The second-order valence-electron chi connectivity index (χ2n) is 6.32. The number of ether oxygens (including phenoxy) is 1. The molecule has 4 heteroatoms. The Balaban J connectivity index is 1.91. The van der Waals surface area contributed by atoms with Gasteiger partial charge in [0.2, 0.25) is 0 Å². The summed E-state index contributed by atoms with van der Waals surface area (Å²) in [6, 6.07) is 10.4. The predicted molar refractivity (Wildman–Crippen MR) is 83.3 cm³/mol. The van der Waals surface area contributed by atoms with E-state index in [-0.39, 0.29) is 11.6 Å². The molecule has 2 aromatic rings. The maximum Gasteiger partial charge on any atom is 0.150 e. The van der Waals surface area contributed by atoms with Crippen LogP contribution in [0.5, 0.6) is 5.75 Å². The second kappa shape index (κ2) is 6.31. The standard InChI is InChI=1S/C17H24N2O2/c1-12-10-16(21-19-12)11-18-13(2)14-6-8-15(9-7-14)20-17(3,4)5/h6-10,13,18H,11H2,1-5H3. The van der Waals surface area contributed by atoms with Gasteiger partial charge in [-0.1, -0.05) is 17.3 Å². The first-order chi connectivity index (χ1) is 9.83. The zero-order chi connectivity index (χ0) is 15.5. The fraction of sp³-hybridized carbons (Fsp3) is 0.471. The van der Waals surface area contributed by atoms with Gasteiger partial charge in [0.05, 0.1) is 12.2 Å². The van der Waals surface area contributed by atoms with Crippen molar-refractivity contribution in [2.24, 2.45) is 0 Å². The molecule has 1 heterocycles. The fourth-order valence-electron chi connectivity index (χ4n) is 2.05. The molecule has 0 saturated heterocycles. The summed E-state index contributed by atoms with van der Waals surface area (Å²) in [6.45, 7) is 10.9. The zero-order valence-electron chi connectivity index (χ0n) is 13.4. The van der Waals surface area contributed by atoms with Crippen LogP contribution in [0.15, 0.2) is 34.9 Å². The summed E-state index contributed by atoms with van der Waals surface area (Å²) in [4.78, 5) is 0. The fourth-order valence-corrected chi connectivity index (χ4v) is 2.05. The van der Waals surface area contributed by atoms with Gasteiger partial charge in [-0.15, -0.1) is 0 Å². The van der Waals surface area contributed by atoms with Gasteiger partial charge >= 0.3 is 0 Å². The highest BCUT2D eigenvalue weighted by molar-refractivity contribution is 5.29. The zero-order valence-corrected chi connectivity index (χ0v) is 13.4. The van der Waals surface area contributed by atoms with E-state index in [1.807, 2.05) is 45.9 Å². The lowest BCUT2D eigenvalue weighted by molar-refractivity contribution is 0.131. The van der Waals surface area contributed by atoms with Crippen LogP contribution in [0.25, 0.3) is 0 Å². The third-order valence-corrected chi connectivity index (χ3v) is 3.06. The van der Waals surface area contributed by atoms with E-state index in [4.69, 9.17) is 9.26 Å². The number of nitrogens with zero attached hydrogens (tertiary/aromatic N) is 1. The molecule has 4 nitrogen and oxygen atoms in total. The minimum absolute atomic E-state index is 0.171. The predicted octanol–water partition coefficient (Wildman–Crippen LogP) is 4.01. The highest BCUT2D eigenvalue weighted by Crippen LogP contribution is 2.21. The average molecular weight is 288 g/mol. The molecule has 0 radical (unpaired) electrons. The van der Waals surface area contributed by atoms with E-state index in [0.717, 1.165) is 17.2 Å². The Hall–Kier alpha value is -1.81. The van der Waals surface area contributed by atoms with E-state index in [2.05, 4.69) is 29.5 Å². The molecule has 1 aromatic carbocycles. The van der Waals surface area contributed by atoms with Gasteiger partial charge in [-0.25, -0.2) is 0 Å². The lowest BCUT2D eigenvalue weighted by atomic mass is 10.1. The number of hydrogen-bond donors (Lipinski definition) is 1. The molecule has 0 aliphatic carbocycles. The molecule has 0 aliphatic rings. The van der Waals surface area contributed by atoms with Crippen LogP contribution in [0, 0.1) is 6.92 Å². The first kappa shape index (κ1) is 15.6. The summed E-state index contributed by atoms with van der Waals surface area (Å²) >= 11 is 0. The number of benzene rings is 1. The van der Waals surface area contributed by atoms with Crippen molar-refractivity contribution in [2.45, 2.75) is 52.8 Å². The van der Waals surface area contributed by atoms with Gasteiger partial charge in [0.1, 0.15) is 11.4 Å². The molecule has 1 aromatic heterocycles. The summed E-state index contributed by atoms with van der Waals surface area (Å²) in [7, 11) is 0. The van der Waals surface area contributed by atoms with Crippen molar-refractivity contribution >= 4 is 0 Å². The molecular formula is C17H24N2O2. The lowest BCUT2D eigenvalue weighted by Gasteiger charge is -2.21. The smallest absolute Gasteiger partial charge is 0.150 e. The van der Waals surface area contributed by atoms with Crippen LogP contribution in [0.4, 0.5) is 0 Å². The minimum atomic E-state index is -0.171. The van der Waals surface area contributed by atoms with Gasteiger partial charge in [-0.05, 0) is 52.3 Å². The normalized spacial score (nSPS) is 13.2. The number of rotatable bonds is 5. The molecule has 0 aliphatic heterocycles. The third-order valence-electron chi connectivity index (χ3n) is 3.06. The molecule has 0 amide bonds. The largest absolute Gasteiger partial charge is 0.488 e. The van der Waals surface area contributed by atoms with Gasteiger partial charge in [-0.3, -0.25) is 0 Å². The summed E-state index contributed by atoms with van der Waals surface area (Å²) in [5, 5.41) is 7.30. The van der Waals surface area contributed by atoms with Crippen molar-refractivity contribution in [3.05, 3.63) is 47.3 Å². The second-order valence-corrected chi connectivity index (χ2v) is 6.32. The summed E-state index contributed by atoms with van der Waals surface area (Å²) in [5.41, 5.74) is 1.95. The van der Waals surface area contributed by atoms with Crippen LogP contribution in [-0.2, 0) is 6.54 Å². The van der Waals surface area contributed by atoms with Crippen LogP contribution in [0.1, 0.15) is 50.8 Å². The Morgan fingerprint density at radius 1 is 1.24 bits per heavy atom. The SMILES string of the molecule is Cc1cc(CNC(C)c2ccc(OC(C)(C)C)cc2)on1. The minimum Gasteiger partial charge on any atom is -0.488 e. The van der Waals surface area contributed by atoms with Crippen LogP contribution in [-0.4, -0.2) is 10.8 Å². The molecule has 0 spiro atoms. The van der Waals surface area contributed by atoms with E-state index in [9.17, 15) is 0 Å². The lowest BCUT2D eigenvalue weighted by Crippen LogP contribution is -2.23. The third kappa shape index (κ3) is 4.90. The average Bonchev–Trinajstić information content (AvgIpc) is 2.81. The van der Waals surface area contributed by atoms with Crippen LogP contribution in [0.2, 0.25) is 0 Å². The highest BCUT2D eigenvalue weighted by atomic mass is 16.5. The highest BCUT2D eigenvalue weighted by Gasteiger charge is 2.12. The Bertz CT molecular complexity index is 567. The number of hydrogen-bond acceptors (Lipinski definition) is 4. The van der Waals surface area contributed by atoms with E-state index in [1.165, 1.54) is 5.56 Å². The first-order valence-corrected chi connectivity index (χ1v) is 7.28. The van der Waals surface area contributed by atoms with Crippen molar-refractivity contribution in [3.63, 3.8) is 0 Å². The van der Waals surface area contributed by atoms with E-state index < -0.39 is 0 Å². The van der Waals surface area contributed by atoms with E-state index in [1.54, 1.807) is 0 Å². The molecule has 2 rings (SSSR count). The topological polar surface area (TPSA) is 47.3 Å². The number of aryl methyl sites for hydroxylation is 1. The Labute approximate surface area is 126 Å². The Morgan fingerprint density at radius 2 is 1.90 bits per heavy atom. The van der Waals surface area contributed by atoms with Crippen molar-refractivity contribution in [3.8, 4) is 5.75 Å². The molecule has 114 valence electrons. The van der Waals surface area contributed by atoms with Crippen molar-refractivity contribution in [1.29, 1.82) is 0 Å². The monoisotopic (exact) mass is 288 g/mol. The number of aromatic nitrogens is 1. The van der Waals surface area contributed by atoms with Gasteiger partial charge in [0, 0.05) is 12.1 Å². The van der Waals surface area contributed by atoms with Crippen LogP contribution < -0.4 is 10.1 Å². The van der Waals surface area contributed by atoms with Crippen LogP contribution >= 0.6 is 0 Å². The molecule has 0 fully saturated rings. The van der Waals surface area contributed by atoms with Crippen LogP contribution in [0.3, 0.4) is 0 Å². The van der Waals surface area contributed by atoms with Gasteiger partial charge < -0.3 is 14.6 Å². The van der Waals surface area contributed by atoms with Gasteiger partial charge in [0.25, 0.3) is 0 Å². The molecule has 1 atom stereocenters. The van der Waals surface area contributed by atoms with E-state index in [0.29, 0.717) is 6.54 Å². The van der Waals surface area contributed by atoms with Gasteiger partial charge in [-0.2, -0.15) is 0 Å². The summed E-state index contributed by atoms with van der Waals surface area (Å²) < 4.78 is 11.0. The van der Waals surface area contributed by atoms with Gasteiger partial charge in [0.15, 0.2) is 5.76 Å². The first-order valence-electron chi connectivity index (χ1n) is 7.28. The molecule has 0 bridgehead atoms.